The molecule has 1 atom stereocenters. The number of anilines is 1. The lowest BCUT2D eigenvalue weighted by Crippen LogP contribution is -3.11. The number of nitrogens with one attached hydrogen (secondary N) is 2. The van der Waals surface area contributed by atoms with Crippen LogP contribution >= 0.6 is 0 Å². The van der Waals surface area contributed by atoms with Crippen molar-refractivity contribution in [3.8, 4) is 5.75 Å². The molecule has 1 fully saturated rings. The highest BCUT2D eigenvalue weighted by Crippen LogP contribution is 2.18. The van der Waals surface area contributed by atoms with Gasteiger partial charge in [-0.15, -0.1) is 0 Å². The summed E-state index contributed by atoms with van der Waals surface area (Å²) in [6, 6.07) is 17.4. The fraction of sp³-hybridized carbons (Fsp3) is 0.316. The third-order valence-corrected chi connectivity index (χ3v) is 4.41. The lowest BCUT2D eigenvalue weighted by molar-refractivity contribution is -0.909. The number of amides is 1. The third-order valence-electron chi connectivity index (χ3n) is 4.41. The minimum absolute atomic E-state index is 0.0540. The van der Waals surface area contributed by atoms with Gasteiger partial charge in [0.05, 0.1) is 20.2 Å². The van der Waals surface area contributed by atoms with Crippen molar-refractivity contribution in [3.63, 3.8) is 0 Å². The molecule has 1 amide bonds. The van der Waals surface area contributed by atoms with Gasteiger partial charge in [-0.05, 0) is 24.3 Å². The third kappa shape index (κ3) is 3.71. The van der Waals surface area contributed by atoms with Crippen LogP contribution in [0.3, 0.4) is 0 Å². The predicted octanol–water partition coefficient (Wildman–Crippen LogP) is 2.05. The Morgan fingerprint density at radius 2 is 1.70 bits per heavy atom. The van der Waals surface area contributed by atoms with Crippen molar-refractivity contribution >= 4 is 11.6 Å². The highest BCUT2D eigenvalue weighted by molar-refractivity contribution is 5.94. The molecule has 0 spiro atoms. The van der Waals surface area contributed by atoms with E-state index in [0.29, 0.717) is 0 Å². The molecular weight excluding hydrogens is 288 g/mol. The average molecular weight is 311 g/mol. The van der Waals surface area contributed by atoms with Gasteiger partial charge < -0.3 is 15.0 Å². The van der Waals surface area contributed by atoms with E-state index in [1.54, 1.807) is 7.11 Å². The molecule has 0 radical (unpaired) electrons. The maximum Gasteiger partial charge on any atom is 0.287 e. The molecule has 2 N–H and O–H groups in total. The van der Waals surface area contributed by atoms with E-state index in [-0.39, 0.29) is 11.9 Å². The predicted molar refractivity (Wildman–Crippen MR) is 90.7 cm³/mol. The molecular formula is C19H23N2O2+. The van der Waals surface area contributed by atoms with Gasteiger partial charge in [-0.3, -0.25) is 4.79 Å². The van der Waals surface area contributed by atoms with E-state index in [1.165, 1.54) is 17.7 Å². The summed E-state index contributed by atoms with van der Waals surface area (Å²) in [7, 11) is 1.63. The van der Waals surface area contributed by atoms with Crippen molar-refractivity contribution in [2.75, 3.05) is 25.5 Å². The first kappa shape index (κ1) is 15.6. The van der Waals surface area contributed by atoms with Crippen LogP contribution in [0.5, 0.6) is 5.75 Å². The molecule has 23 heavy (non-hydrogen) atoms. The van der Waals surface area contributed by atoms with Gasteiger partial charge in [0.2, 0.25) is 0 Å². The molecule has 0 unspecified atom stereocenters. The van der Waals surface area contributed by atoms with Gasteiger partial charge in [0.15, 0.2) is 6.04 Å². The Kier molecular flexibility index (Phi) is 4.93. The molecule has 0 aliphatic carbocycles. The van der Waals surface area contributed by atoms with E-state index in [0.717, 1.165) is 30.1 Å². The molecule has 1 aliphatic rings. The lowest BCUT2D eigenvalue weighted by Gasteiger charge is -2.24. The number of methoxy groups -OCH3 is 1. The minimum Gasteiger partial charge on any atom is -0.497 e. The Labute approximate surface area is 137 Å². The average Bonchev–Trinajstić information content (AvgIpc) is 3.11. The SMILES string of the molecule is COc1ccc(NC(=O)[C@H](c2ccccc2)[NH+]2CCCC2)cc1. The van der Waals surface area contributed by atoms with E-state index in [2.05, 4.69) is 5.32 Å². The van der Waals surface area contributed by atoms with Crippen LogP contribution in [0.2, 0.25) is 0 Å². The van der Waals surface area contributed by atoms with Gasteiger partial charge in [0, 0.05) is 24.1 Å². The highest BCUT2D eigenvalue weighted by atomic mass is 16.5. The summed E-state index contributed by atoms with van der Waals surface area (Å²) in [5.74, 6) is 0.839. The number of likely N-dealkylation sites (tertiary alicyclic amines) is 1. The first-order valence-corrected chi connectivity index (χ1v) is 8.12. The number of quaternary nitrogens is 1. The van der Waals surface area contributed by atoms with E-state index in [4.69, 9.17) is 4.74 Å². The normalized spacial score (nSPS) is 16.0. The Morgan fingerprint density at radius 1 is 1.04 bits per heavy atom. The van der Waals surface area contributed by atoms with Gasteiger partial charge in [0.1, 0.15) is 5.75 Å². The summed E-state index contributed by atoms with van der Waals surface area (Å²) in [5.41, 5.74) is 1.88. The quantitative estimate of drug-likeness (QED) is 0.887. The number of ether oxygens (including phenoxy) is 1. The number of carbonyl (C=O) groups is 1. The van der Waals surface area contributed by atoms with Crippen molar-refractivity contribution in [1.82, 2.24) is 0 Å². The monoisotopic (exact) mass is 311 g/mol. The maximum atomic E-state index is 12.9. The Hall–Kier alpha value is -2.33. The van der Waals surface area contributed by atoms with Crippen molar-refractivity contribution in [1.29, 1.82) is 0 Å². The smallest absolute Gasteiger partial charge is 0.287 e. The van der Waals surface area contributed by atoms with Gasteiger partial charge in [0.25, 0.3) is 5.91 Å². The zero-order valence-corrected chi connectivity index (χ0v) is 13.4. The second-order valence-corrected chi connectivity index (χ2v) is 5.93. The van der Waals surface area contributed by atoms with Crippen LogP contribution in [0.25, 0.3) is 0 Å². The second-order valence-electron chi connectivity index (χ2n) is 5.93. The second kappa shape index (κ2) is 7.29. The molecule has 3 rings (SSSR count). The zero-order valence-electron chi connectivity index (χ0n) is 13.4. The highest BCUT2D eigenvalue weighted by Gasteiger charge is 2.33. The molecule has 0 bridgehead atoms. The Balaban J connectivity index is 1.79. The summed E-state index contributed by atoms with van der Waals surface area (Å²) in [6.07, 6.45) is 2.38. The Bertz CT molecular complexity index is 634. The molecule has 1 saturated heterocycles. The first-order chi connectivity index (χ1) is 11.3. The van der Waals surface area contributed by atoms with Crippen LogP contribution in [0.1, 0.15) is 24.4 Å². The molecule has 0 saturated carbocycles. The Morgan fingerprint density at radius 3 is 2.30 bits per heavy atom. The van der Waals surface area contributed by atoms with Gasteiger partial charge >= 0.3 is 0 Å². The van der Waals surface area contributed by atoms with Gasteiger partial charge in [-0.1, -0.05) is 30.3 Å². The molecule has 2 aromatic carbocycles. The molecule has 4 heteroatoms. The largest absolute Gasteiger partial charge is 0.497 e. The van der Waals surface area contributed by atoms with Crippen molar-refractivity contribution in [2.45, 2.75) is 18.9 Å². The van der Waals surface area contributed by atoms with Gasteiger partial charge in [-0.2, -0.15) is 0 Å². The van der Waals surface area contributed by atoms with Crippen LogP contribution in [0, 0.1) is 0 Å². The zero-order chi connectivity index (χ0) is 16.1. The number of hydrogen-bond donors (Lipinski definition) is 2. The van der Waals surface area contributed by atoms with Crippen LogP contribution in [-0.2, 0) is 4.79 Å². The molecule has 1 heterocycles. The van der Waals surface area contributed by atoms with Crippen molar-refractivity contribution in [2.24, 2.45) is 0 Å². The molecule has 120 valence electrons. The number of rotatable bonds is 5. The van der Waals surface area contributed by atoms with E-state index < -0.39 is 0 Å². The van der Waals surface area contributed by atoms with Crippen LogP contribution in [-0.4, -0.2) is 26.1 Å². The summed E-state index contributed by atoms with van der Waals surface area (Å²) in [5, 5.41) is 3.05. The lowest BCUT2D eigenvalue weighted by atomic mass is 10.0. The van der Waals surface area contributed by atoms with E-state index >= 15 is 0 Å². The van der Waals surface area contributed by atoms with Crippen molar-refractivity contribution < 1.29 is 14.4 Å². The van der Waals surface area contributed by atoms with Crippen molar-refractivity contribution in [3.05, 3.63) is 60.2 Å². The van der Waals surface area contributed by atoms with Gasteiger partial charge in [-0.25, -0.2) is 0 Å². The summed E-state index contributed by atoms with van der Waals surface area (Å²) >= 11 is 0. The van der Waals surface area contributed by atoms with E-state index in [1.807, 2.05) is 54.6 Å². The molecule has 1 aliphatic heterocycles. The van der Waals surface area contributed by atoms with Crippen LogP contribution in [0.15, 0.2) is 54.6 Å². The summed E-state index contributed by atoms with van der Waals surface area (Å²) in [4.78, 5) is 14.2. The minimum atomic E-state index is -0.152. The van der Waals surface area contributed by atoms with Crippen LogP contribution < -0.4 is 15.0 Å². The molecule has 0 aromatic heterocycles. The summed E-state index contributed by atoms with van der Waals surface area (Å²) in [6.45, 7) is 2.10. The van der Waals surface area contributed by atoms with E-state index in [9.17, 15) is 4.79 Å². The van der Waals surface area contributed by atoms with Crippen LogP contribution in [0.4, 0.5) is 5.69 Å². The summed E-state index contributed by atoms with van der Waals surface area (Å²) < 4.78 is 5.16. The number of carbonyl (C=O) groups excluding carboxylic acids is 1. The fourth-order valence-electron chi connectivity index (χ4n) is 3.22. The topological polar surface area (TPSA) is 42.8 Å². The number of hydrogen-bond acceptors (Lipinski definition) is 2. The maximum absolute atomic E-state index is 12.9. The first-order valence-electron chi connectivity index (χ1n) is 8.12. The fourth-order valence-corrected chi connectivity index (χ4v) is 3.22. The molecule has 2 aromatic rings. The number of benzene rings is 2. The standard InChI is InChI=1S/C19H22N2O2/c1-23-17-11-9-16(10-12-17)20-19(22)18(21-13-5-6-14-21)15-7-3-2-4-8-15/h2-4,7-12,18H,5-6,13-14H2,1H3,(H,20,22)/p+1/t18-/m0/s1. The molecule has 4 nitrogen and oxygen atoms in total.